The first-order valence-electron chi connectivity index (χ1n) is 7.54. The molecule has 0 radical (unpaired) electrons. The summed E-state index contributed by atoms with van der Waals surface area (Å²) in [6.45, 7) is 5.15. The lowest BCUT2D eigenvalue weighted by Crippen LogP contribution is -2.54. The highest BCUT2D eigenvalue weighted by Crippen LogP contribution is 2.35. The van der Waals surface area contributed by atoms with Crippen LogP contribution in [0.2, 0.25) is 0 Å². The van der Waals surface area contributed by atoms with Crippen molar-refractivity contribution in [1.82, 2.24) is 4.90 Å². The van der Waals surface area contributed by atoms with Gasteiger partial charge in [0.2, 0.25) is 0 Å². The molecule has 2 rings (SSSR count). The Morgan fingerprint density at radius 1 is 1.45 bits per heavy atom. The number of rotatable bonds is 4. The number of carbonyl (C=O) groups excluding carboxylic acids is 2. The summed E-state index contributed by atoms with van der Waals surface area (Å²) < 4.78 is 6.20. The van der Waals surface area contributed by atoms with Crippen molar-refractivity contribution in [1.29, 1.82) is 0 Å². The van der Waals surface area contributed by atoms with Gasteiger partial charge in [0.15, 0.2) is 5.78 Å². The maximum Gasteiger partial charge on any atom is 0.321 e. The van der Waals surface area contributed by atoms with E-state index in [1.54, 1.807) is 6.92 Å². The smallest absolute Gasteiger partial charge is 0.321 e. The lowest BCUT2D eigenvalue weighted by atomic mass is 9.74. The number of benzene rings is 1. The minimum absolute atomic E-state index is 0.0162. The number of hydrogen-bond acceptors (Lipinski definition) is 4. The van der Waals surface area contributed by atoms with Gasteiger partial charge in [-0.15, -0.1) is 0 Å². The Labute approximate surface area is 140 Å². The van der Waals surface area contributed by atoms with Gasteiger partial charge in [0.05, 0.1) is 6.61 Å². The van der Waals surface area contributed by atoms with Crippen LogP contribution in [-0.2, 0) is 20.7 Å². The molecule has 1 fully saturated rings. The quantitative estimate of drug-likeness (QED) is 0.606. The van der Waals surface area contributed by atoms with Crippen LogP contribution in [0.4, 0.5) is 0 Å². The second-order valence-corrected chi connectivity index (χ2v) is 6.73. The summed E-state index contributed by atoms with van der Waals surface area (Å²) in [5.41, 5.74) is 0.962. The molecule has 1 unspecified atom stereocenters. The third-order valence-electron chi connectivity index (χ3n) is 4.22. The van der Waals surface area contributed by atoms with E-state index in [9.17, 15) is 9.59 Å². The SMILES string of the molecule is CCOC(=O)C1(Cc2cccc(C)c2Br)CN(C)CCC1=O. The standard InChI is InChI=1S/C17H22BrNO3/c1-4-22-16(21)17(11-19(3)9-8-14(17)20)10-13-7-5-6-12(2)15(13)18/h5-7H,4,8-11H2,1-3H3. The zero-order chi connectivity index (χ0) is 16.3. The van der Waals surface area contributed by atoms with Crippen LogP contribution in [0.15, 0.2) is 22.7 Å². The van der Waals surface area contributed by atoms with Crippen molar-refractivity contribution >= 4 is 27.7 Å². The highest BCUT2D eigenvalue weighted by atomic mass is 79.9. The second-order valence-electron chi connectivity index (χ2n) is 5.94. The van der Waals surface area contributed by atoms with Gasteiger partial charge in [-0.05, 0) is 38.4 Å². The van der Waals surface area contributed by atoms with E-state index in [4.69, 9.17) is 4.74 Å². The van der Waals surface area contributed by atoms with Crippen molar-refractivity contribution in [3.8, 4) is 0 Å². The molecule has 1 aromatic rings. The fraction of sp³-hybridized carbons (Fsp3) is 0.529. The van der Waals surface area contributed by atoms with E-state index in [0.29, 0.717) is 25.9 Å². The predicted molar refractivity (Wildman–Crippen MR) is 88.8 cm³/mol. The molecular formula is C17H22BrNO3. The Kier molecular flexibility index (Phi) is 5.40. The van der Waals surface area contributed by atoms with Crippen LogP contribution < -0.4 is 0 Å². The molecule has 120 valence electrons. The van der Waals surface area contributed by atoms with Gasteiger partial charge in [-0.2, -0.15) is 0 Å². The molecule has 1 aromatic carbocycles. The summed E-state index contributed by atoms with van der Waals surface area (Å²) in [5, 5.41) is 0. The summed E-state index contributed by atoms with van der Waals surface area (Å²) >= 11 is 3.58. The number of halogens is 1. The number of ketones is 1. The maximum absolute atomic E-state index is 12.6. The molecule has 1 aliphatic heterocycles. The van der Waals surface area contributed by atoms with E-state index < -0.39 is 11.4 Å². The third-order valence-corrected chi connectivity index (χ3v) is 5.36. The highest BCUT2D eigenvalue weighted by Gasteiger charge is 2.49. The number of ether oxygens (including phenoxy) is 1. The molecule has 1 atom stereocenters. The lowest BCUT2D eigenvalue weighted by molar-refractivity contribution is -0.163. The zero-order valence-corrected chi connectivity index (χ0v) is 14.9. The molecule has 5 heteroatoms. The topological polar surface area (TPSA) is 46.6 Å². The molecule has 1 saturated heterocycles. The molecule has 1 heterocycles. The van der Waals surface area contributed by atoms with Gasteiger partial charge in [0.1, 0.15) is 5.41 Å². The average Bonchev–Trinajstić information content (AvgIpc) is 2.48. The van der Waals surface area contributed by atoms with Crippen molar-refractivity contribution in [2.75, 3.05) is 26.7 Å². The summed E-state index contributed by atoms with van der Waals surface area (Å²) in [6, 6.07) is 5.91. The molecule has 0 spiro atoms. The summed E-state index contributed by atoms with van der Waals surface area (Å²) in [4.78, 5) is 27.3. The van der Waals surface area contributed by atoms with E-state index in [0.717, 1.165) is 15.6 Å². The molecule has 0 bridgehead atoms. The summed E-state index contributed by atoms with van der Waals surface area (Å²) in [7, 11) is 1.94. The van der Waals surface area contributed by atoms with Crippen molar-refractivity contribution in [3.63, 3.8) is 0 Å². The Balaban J connectivity index is 2.42. The van der Waals surface area contributed by atoms with Gasteiger partial charge in [-0.3, -0.25) is 9.59 Å². The maximum atomic E-state index is 12.6. The van der Waals surface area contributed by atoms with Gasteiger partial charge >= 0.3 is 5.97 Å². The van der Waals surface area contributed by atoms with Crippen LogP contribution in [0.1, 0.15) is 24.5 Å². The van der Waals surface area contributed by atoms with Crippen molar-refractivity contribution in [2.24, 2.45) is 5.41 Å². The molecular weight excluding hydrogens is 346 g/mol. The Morgan fingerprint density at radius 2 is 2.18 bits per heavy atom. The van der Waals surface area contributed by atoms with E-state index in [1.807, 2.05) is 37.1 Å². The van der Waals surface area contributed by atoms with E-state index >= 15 is 0 Å². The van der Waals surface area contributed by atoms with Gasteiger partial charge in [-0.1, -0.05) is 34.1 Å². The number of carbonyl (C=O) groups is 2. The van der Waals surface area contributed by atoms with E-state index in [-0.39, 0.29) is 12.4 Å². The van der Waals surface area contributed by atoms with Gasteiger partial charge in [-0.25, -0.2) is 0 Å². The minimum Gasteiger partial charge on any atom is -0.465 e. The Bertz CT molecular complexity index is 587. The highest BCUT2D eigenvalue weighted by molar-refractivity contribution is 9.10. The molecule has 22 heavy (non-hydrogen) atoms. The fourth-order valence-corrected chi connectivity index (χ4v) is 3.41. The monoisotopic (exact) mass is 367 g/mol. The van der Waals surface area contributed by atoms with Crippen LogP contribution in [0.5, 0.6) is 0 Å². The van der Waals surface area contributed by atoms with Crippen LogP contribution in [-0.4, -0.2) is 43.4 Å². The first-order chi connectivity index (χ1) is 10.4. The molecule has 0 N–H and O–H groups in total. The van der Waals surface area contributed by atoms with Crippen molar-refractivity contribution in [2.45, 2.75) is 26.7 Å². The molecule has 0 saturated carbocycles. The summed E-state index contributed by atoms with van der Waals surface area (Å²) in [6.07, 6.45) is 0.760. The fourth-order valence-electron chi connectivity index (χ4n) is 3.00. The van der Waals surface area contributed by atoms with Gasteiger partial charge in [0, 0.05) is 24.0 Å². The van der Waals surface area contributed by atoms with E-state index in [2.05, 4.69) is 15.9 Å². The number of nitrogens with zero attached hydrogens (tertiary/aromatic N) is 1. The Morgan fingerprint density at radius 3 is 2.86 bits per heavy atom. The minimum atomic E-state index is -1.10. The van der Waals surface area contributed by atoms with E-state index in [1.165, 1.54) is 0 Å². The number of likely N-dealkylation sites (tertiary alicyclic amines) is 1. The third kappa shape index (κ3) is 3.25. The first kappa shape index (κ1) is 17.2. The summed E-state index contributed by atoms with van der Waals surface area (Å²) in [5.74, 6) is -0.419. The van der Waals surface area contributed by atoms with Gasteiger partial charge < -0.3 is 9.64 Å². The molecule has 4 nitrogen and oxygen atoms in total. The number of piperidine rings is 1. The number of Topliss-reactive ketones (excluding diaryl/α,β-unsaturated/α-hetero) is 1. The first-order valence-corrected chi connectivity index (χ1v) is 8.33. The number of esters is 1. The van der Waals surface area contributed by atoms with Crippen LogP contribution in [0, 0.1) is 12.3 Å². The largest absolute Gasteiger partial charge is 0.465 e. The Hall–Kier alpha value is -1.20. The second kappa shape index (κ2) is 6.92. The molecule has 0 aromatic heterocycles. The number of hydrogen-bond donors (Lipinski definition) is 0. The normalized spacial score (nSPS) is 22.6. The van der Waals surface area contributed by atoms with Crippen molar-refractivity contribution in [3.05, 3.63) is 33.8 Å². The van der Waals surface area contributed by atoms with Crippen LogP contribution in [0.3, 0.4) is 0 Å². The van der Waals surface area contributed by atoms with Crippen LogP contribution in [0.25, 0.3) is 0 Å². The molecule has 0 amide bonds. The predicted octanol–water partition coefficient (Wildman–Crippen LogP) is 2.75. The zero-order valence-electron chi connectivity index (χ0n) is 13.3. The number of aryl methyl sites for hydroxylation is 1. The van der Waals surface area contributed by atoms with Crippen molar-refractivity contribution < 1.29 is 14.3 Å². The van der Waals surface area contributed by atoms with Crippen LogP contribution >= 0.6 is 15.9 Å². The lowest BCUT2D eigenvalue weighted by Gasteiger charge is -2.38. The molecule has 1 aliphatic rings. The average molecular weight is 368 g/mol. The van der Waals surface area contributed by atoms with Gasteiger partial charge in [0.25, 0.3) is 0 Å². The molecule has 0 aliphatic carbocycles.